The van der Waals surface area contributed by atoms with E-state index in [0.29, 0.717) is 5.82 Å². The molecule has 0 fully saturated rings. The molecule has 9 aromatic carbocycles. The zero-order valence-corrected chi connectivity index (χ0v) is 34.1. The van der Waals surface area contributed by atoms with E-state index >= 15 is 0 Å². The number of furan rings is 1. The van der Waals surface area contributed by atoms with E-state index in [1.54, 1.807) is 0 Å². The van der Waals surface area contributed by atoms with E-state index in [2.05, 4.69) is 206 Å². The Labute approximate surface area is 364 Å². The molecule has 294 valence electrons. The summed E-state index contributed by atoms with van der Waals surface area (Å²) in [5.41, 5.74) is 16.1. The number of nitrogens with zero attached hydrogens (tertiary/aromatic N) is 3. The average Bonchev–Trinajstić information content (AvgIpc) is 3.74. The van der Waals surface area contributed by atoms with E-state index in [0.717, 1.165) is 111 Å². The Morgan fingerprint density at radius 1 is 0.286 bits per heavy atom. The highest BCUT2D eigenvalue weighted by Gasteiger charge is 2.22. The third-order valence-electron chi connectivity index (χ3n) is 12.1. The van der Waals surface area contributed by atoms with Gasteiger partial charge in [-0.25, -0.2) is 15.0 Å². The molecule has 0 saturated heterocycles. The lowest BCUT2D eigenvalue weighted by Gasteiger charge is -2.16. The van der Waals surface area contributed by atoms with Crippen molar-refractivity contribution in [3.8, 4) is 78.5 Å². The highest BCUT2D eigenvalue weighted by atomic mass is 16.3. The van der Waals surface area contributed by atoms with Crippen molar-refractivity contribution in [2.45, 2.75) is 0 Å². The van der Waals surface area contributed by atoms with E-state index in [4.69, 9.17) is 19.4 Å². The number of hydrogen-bond acceptors (Lipinski definition) is 4. The Morgan fingerprint density at radius 3 is 1.54 bits per heavy atom. The summed E-state index contributed by atoms with van der Waals surface area (Å²) in [6, 6.07) is 78.5. The highest BCUT2D eigenvalue weighted by Crippen LogP contribution is 2.46. The second kappa shape index (κ2) is 15.2. The molecule has 4 heteroatoms. The molecule has 0 aliphatic heterocycles. The Kier molecular flexibility index (Phi) is 8.79. The first-order valence-electron chi connectivity index (χ1n) is 21.3. The van der Waals surface area contributed by atoms with Gasteiger partial charge in [0.1, 0.15) is 11.2 Å². The SMILES string of the molecule is c1ccc(-c2ccc(-c3nc(-c4ccccc4)cc(-c4cccc(-c5cccc(-c6nc7ccccc7c7c(-c8ccccc8)c8c(cc67)oc6ccccc68)c5)c4)n3)cc2)cc1. The van der Waals surface area contributed by atoms with Crippen molar-refractivity contribution >= 4 is 43.6 Å². The predicted octanol–water partition coefficient (Wildman–Crippen LogP) is 15.7. The molecule has 0 saturated carbocycles. The Balaban J connectivity index is 1.00. The van der Waals surface area contributed by atoms with Crippen LogP contribution in [0.15, 0.2) is 229 Å². The van der Waals surface area contributed by atoms with Crippen LogP contribution in [0.4, 0.5) is 0 Å². The van der Waals surface area contributed by atoms with E-state index in [1.165, 1.54) is 5.56 Å². The number of para-hydroxylation sites is 2. The van der Waals surface area contributed by atoms with Crippen LogP contribution in [0, 0.1) is 0 Å². The van der Waals surface area contributed by atoms with Gasteiger partial charge in [-0.05, 0) is 64.2 Å². The summed E-state index contributed by atoms with van der Waals surface area (Å²) < 4.78 is 6.63. The molecule has 0 bridgehead atoms. The third kappa shape index (κ3) is 6.53. The molecular weight excluding hydrogens is 767 g/mol. The summed E-state index contributed by atoms with van der Waals surface area (Å²) >= 11 is 0. The van der Waals surface area contributed by atoms with E-state index < -0.39 is 0 Å². The number of fused-ring (bicyclic) bond motifs is 6. The maximum atomic E-state index is 6.63. The van der Waals surface area contributed by atoms with Gasteiger partial charge in [0.05, 0.1) is 22.6 Å². The van der Waals surface area contributed by atoms with Crippen LogP contribution in [0.5, 0.6) is 0 Å². The van der Waals surface area contributed by atoms with Gasteiger partial charge in [-0.3, -0.25) is 0 Å². The van der Waals surface area contributed by atoms with Gasteiger partial charge in [-0.15, -0.1) is 0 Å². The molecule has 0 unspecified atom stereocenters. The first-order valence-corrected chi connectivity index (χ1v) is 21.3. The minimum Gasteiger partial charge on any atom is -0.456 e. The molecular formula is C59H37N3O. The van der Waals surface area contributed by atoms with Crippen molar-refractivity contribution < 1.29 is 4.42 Å². The largest absolute Gasteiger partial charge is 0.456 e. The zero-order valence-electron chi connectivity index (χ0n) is 34.1. The lowest BCUT2D eigenvalue weighted by molar-refractivity contribution is 0.669. The molecule has 0 N–H and O–H groups in total. The van der Waals surface area contributed by atoms with Crippen molar-refractivity contribution in [1.82, 2.24) is 15.0 Å². The van der Waals surface area contributed by atoms with E-state index in [1.807, 2.05) is 18.2 Å². The molecule has 12 aromatic rings. The van der Waals surface area contributed by atoms with Crippen LogP contribution >= 0.6 is 0 Å². The fraction of sp³-hybridized carbons (Fsp3) is 0. The molecule has 12 rings (SSSR count). The normalized spacial score (nSPS) is 11.5. The van der Waals surface area contributed by atoms with Gasteiger partial charge < -0.3 is 4.42 Å². The Hall–Kier alpha value is -8.47. The molecule has 0 aliphatic carbocycles. The standard InChI is InChI=1S/C59H37N3O/c1-4-16-38(17-5-1)39-30-32-42(33-31-39)59-61-51(40-18-6-2-7-19-40)37-52(62-59)45-24-14-22-43(34-45)44-23-15-25-46(35-44)58-49-36-54-57(48-27-11-13-29-53(48)63-54)55(41-20-8-3-9-21-41)56(49)47-26-10-12-28-50(47)60-58/h1-37H. The molecule has 0 amide bonds. The van der Waals surface area contributed by atoms with Gasteiger partial charge in [0, 0.05) is 54.7 Å². The van der Waals surface area contributed by atoms with Gasteiger partial charge in [-0.2, -0.15) is 0 Å². The zero-order chi connectivity index (χ0) is 41.7. The summed E-state index contributed by atoms with van der Waals surface area (Å²) in [4.78, 5) is 15.7. The van der Waals surface area contributed by atoms with Crippen LogP contribution in [0.2, 0.25) is 0 Å². The number of hydrogen-bond donors (Lipinski definition) is 0. The van der Waals surface area contributed by atoms with Crippen LogP contribution in [0.25, 0.3) is 122 Å². The second-order valence-electron chi connectivity index (χ2n) is 15.9. The molecule has 63 heavy (non-hydrogen) atoms. The van der Waals surface area contributed by atoms with Crippen LogP contribution in [0.3, 0.4) is 0 Å². The Morgan fingerprint density at radius 2 is 0.810 bits per heavy atom. The van der Waals surface area contributed by atoms with Crippen molar-refractivity contribution in [2.24, 2.45) is 0 Å². The monoisotopic (exact) mass is 803 g/mol. The van der Waals surface area contributed by atoms with Gasteiger partial charge >= 0.3 is 0 Å². The smallest absolute Gasteiger partial charge is 0.160 e. The van der Waals surface area contributed by atoms with Crippen molar-refractivity contribution in [3.63, 3.8) is 0 Å². The number of pyridine rings is 1. The predicted molar refractivity (Wildman–Crippen MR) is 260 cm³/mol. The van der Waals surface area contributed by atoms with Crippen LogP contribution in [0.1, 0.15) is 0 Å². The second-order valence-corrected chi connectivity index (χ2v) is 15.9. The lowest BCUT2D eigenvalue weighted by atomic mass is 9.89. The first kappa shape index (κ1) is 36.4. The maximum absolute atomic E-state index is 6.63. The lowest BCUT2D eigenvalue weighted by Crippen LogP contribution is -1.96. The first-order chi connectivity index (χ1) is 31.2. The fourth-order valence-corrected chi connectivity index (χ4v) is 9.06. The summed E-state index contributed by atoms with van der Waals surface area (Å²) in [5.74, 6) is 0.682. The van der Waals surface area contributed by atoms with E-state index in [9.17, 15) is 0 Å². The van der Waals surface area contributed by atoms with Gasteiger partial charge in [0.15, 0.2) is 5.82 Å². The van der Waals surface area contributed by atoms with Crippen LogP contribution in [-0.4, -0.2) is 15.0 Å². The average molecular weight is 804 g/mol. The summed E-state index contributed by atoms with van der Waals surface area (Å²) in [7, 11) is 0. The van der Waals surface area contributed by atoms with Crippen LogP contribution in [-0.2, 0) is 0 Å². The van der Waals surface area contributed by atoms with Gasteiger partial charge in [-0.1, -0.05) is 188 Å². The summed E-state index contributed by atoms with van der Waals surface area (Å²) in [5, 5.41) is 5.53. The third-order valence-corrected chi connectivity index (χ3v) is 12.1. The summed E-state index contributed by atoms with van der Waals surface area (Å²) in [6.45, 7) is 0. The molecule has 0 aliphatic rings. The minimum absolute atomic E-state index is 0.682. The molecule has 4 nitrogen and oxygen atoms in total. The molecule has 3 heterocycles. The van der Waals surface area contributed by atoms with Crippen molar-refractivity contribution in [2.75, 3.05) is 0 Å². The number of aromatic nitrogens is 3. The van der Waals surface area contributed by atoms with E-state index in [-0.39, 0.29) is 0 Å². The van der Waals surface area contributed by atoms with Crippen molar-refractivity contribution in [1.29, 1.82) is 0 Å². The van der Waals surface area contributed by atoms with Crippen molar-refractivity contribution in [3.05, 3.63) is 224 Å². The summed E-state index contributed by atoms with van der Waals surface area (Å²) in [6.07, 6.45) is 0. The molecule has 0 radical (unpaired) electrons. The quantitative estimate of drug-likeness (QED) is 0.151. The molecule has 0 atom stereocenters. The molecule has 0 spiro atoms. The molecule has 3 aromatic heterocycles. The van der Waals surface area contributed by atoms with Gasteiger partial charge in [0.25, 0.3) is 0 Å². The number of rotatable bonds is 7. The topological polar surface area (TPSA) is 51.8 Å². The minimum atomic E-state index is 0.682. The number of benzene rings is 9. The fourth-order valence-electron chi connectivity index (χ4n) is 9.06. The highest BCUT2D eigenvalue weighted by molar-refractivity contribution is 6.27. The maximum Gasteiger partial charge on any atom is 0.160 e. The van der Waals surface area contributed by atoms with Gasteiger partial charge in [0.2, 0.25) is 0 Å². The Bertz CT molecular complexity index is 3650. The van der Waals surface area contributed by atoms with Crippen LogP contribution < -0.4 is 0 Å².